The molecule has 1 rings (SSSR count). The maximum Gasteiger partial charge on any atom is 0.237 e. The maximum atomic E-state index is 11.7. The van der Waals surface area contributed by atoms with Gasteiger partial charge in [-0.3, -0.25) is 4.79 Å². The lowest BCUT2D eigenvalue weighted by molar-refractivity contribution is -0.125. The molecule has 0 radical (unpaired) electrons. The summed E-state index contributed by atoms with van der Waals surface area (Å²) in [5, 5.41) is 3.32. The second-order valence-corrected chi connectivity index (χ2v) is 6.15. The first-order chi connectivity index (χ1) is 8.35. The quantitative estimate of drug-likeness (QED) is 0.756. The Hall–Kier alpha value is -0.610. The molecule has 3 N–H and O–H groups in total. The summed E-state index contributed by atoms with van der Waals surface area (Å²) in [6.07, 6.45) is 4.66. The van der Waals surface area contributed by atoms with Gasteiger partial charge in [0.15, 0.2) is 0 Å². The fourth-order valence-electron chi connectivity index (χ4n) is 2.95. The highest BCUT2D eigenvalue weighted by molar-refractivity contribution is 5.84. The molecular weight excluding hydrogens is 226 g/mol. The van der Waals surface area contributed by atoms with Crippen molar-refractivity contribution in [3.8, 4) is 0 Å². The van der Waals surface area contributed by atoms with E-state index in [2.05, 4.69) is 17.1 Å². The average molecular weight is 255 g/mol. The van der Waals surface area contributed by atoms with Gasteiger partial charge in [0.05, 0.1) is 5.54 Å². The van der Waals surface area contributed by atoms with E-state index in [4.69, 9.17) is 5.73 Å². The molecule has 0 aliphatic carbocycles. The molecule has 0 saturated carbocycles. The molecular formula is C14H29N3O. The molecule has 1 fully saturated rings. The first kappa shape index (κ1) is 15.4. The molecule has 0 bridgehead atoms. The zero-order valence-corrected chi connectivity index (χ0v) is 12.3. The van der Waals surface area contributed by atoms with Crippen LogP contribution in [0.15, 0.2) is 0 Å². The van der Waals surface area contributed by atoms with E-state index in [-0.39, 0.29) is 11.9 Å². The summed E-state index contributed by atoms with van der Waals surface area (Å²) in [5.41, 5.74) is 4.97. The largest absolute Gasteiger partial charge is 0.368 e. The summed E-state index contributed by atoms with van der Waals surface area (Å²) in [6, 6.07) is 0.658. The number of carbonyl (C=O) groups is 1. The number of nitrogens with two attached hydrogens (primary N) is 1. The van der Waals surface area contributed by atoms with E-state index >= 15 is 0 Å². The van der Waals surface area contributed by atoms with Crippen molar-refractivity contribution in [2.45, 2.75) is 71.0 Å². The fraction of sp³-hybridized carbons (Fsp3) is 0.929. The van der Waals surface area contributed by atoms with E-state index in [1.807, 2.05) is 20.8 Å². The number of likely N-dealkylation sites (tertiary alicyclic amines) is 1. The van der Waals surface area contributed by atoms with E-state index in [1.54, 1.807) is 0 Å². The summed E-state index contributed by atoms with van der Waals surface area (Å²) >= 11 is 0. The molecule has 4 nitrogen and oxygen atoms in total. The number of rotatable bonds is 6. The van der Waals surface area contributed by atoms with Crippen molar-refractivity contribution in [1.82, 2.24) is 10.2 Å². The lowest BCUT2D eigenvalue weighted by Crippen LogP contribution is -2.58. The van der Waals surface area contributed by atoms with Gasteiger partial charge in [-0.2, -0.15) is 0 Å². The number of nitrogens with zero attached hydrogens (tertiary/aromatic N) is 1. The third kappa shape index (κ3) is 4.25. The molecule has 0 aromatic heterocycles. The fourth-order valence-corrected chi connectivity index (χ4v) is 2.95. The van der Waals surface area contributed by atoms with Gasteiger partial charge >= 0.3 is 0 Å². The maximum absolute atomic E-state index is 11.7. The van der Waals surface area contributed by atoms with E-state index in [1.165, 1.54) is 19.3 Å². The van der Waals surface area contributed by atoms with Crippen LogP contribution in [0.5, 0.6) is 0 Å². The SMILES string of the molecule is CC(C)NC(C)(CC(C)N1CCCCC1)C(N)=O. The van der Waals surface area contributed by atoms with E-state index in [0.29, 0.717) is 6.04 Å². The van der Waals surface area contributed by atoms with Crippen molar-refractivity contribution in [2.75, 3.05) is 13.1 Å². The Balaban J connectivity index is 2.61. The van der Waals surface area contributed by atoms with Gasteiger partial charge in [0.2, 0.25) is 5.91 Å². The van der Waals surface area contributed by atoms with Gasteiger partial charge < -0.3 is 16.0 Å². The molecule has 1 saturated heterocycles. The van der Waals surface area contributed by atoms with Gasteiger partial charge in [-0.15, -0.1) is 0 Å². The highest BCUT2D eigenvalue weighted by atomic mass is 16.1. The van der Waals surface area contributed by atoms with Crippen LogP contribution in [-0.2, 0) is 4.79 Å². The lowest BCUT2D eigenvalue weighted by atomic mass is 9.90. The number of carbonyl (C=O) groups excluding carboxylic acids is 1. The molecule has 1 heterocycles. The van der Waals surface area contributed by atoms with E-state index in [0.717, 1.165) is 19.5 Å². The number of amides is 1. The summed E-state index contributed by atoms with van der Waals surface area (Å²) in [5.74, 6) is -0.250. The number of piperidine rings is 1. The van der Waals surface area contributed by atoms with Crippen molar-refractivity contribution in [3.05, 3.63) is 0 Å². The highest BCUT2D eigenvalue weighted by Gasteiger charge is 2.34. The Morgan fingerprint density at radius 2 is 1.83 bits per heavy atom. The molecule has 0 spiro atoms. The molecule has 1 aliphatic rings. The van der Waals surface area contributed by atoms with Gasteiger partial charge in [0, 0.05) is 12.1 Å². The molecule has 18 heavy (non-hydrogen) atoms. The number of hydrogen-bond acceptors (Lipinski definition) is 3. The Bertz CT molecular complexity index is 274. The van der Waals surface area contributed by atoms with Crippen LogP contribution >= 0.6 is 0 Å². The zero-order valence-electron chi connectivity index (χ0n) is 12.3. The van der Waals surface area contributed by atoms with E-state index < -0.39 is 5.54 Å². The monoisotopic (exact) mass is 255 g/mol. The normalized spacial score (nSPS) is 22.7. The van der Waals surface area contributed by atoms with Crippen LogP contribution in [0.4, 0.5) is 0 Å². The molecule has 0 aromatic carbocycles. The Labute approximate surface area is 111 Å². The van der Waals surface area contributed by atoms with Gasteiger partial charge in [0.1, 0.15) is 0 Å². The molecule has 2 unspecified atom stereocenters. The van der Waals surface area contributed by atoms with Crippen LogP contribution in [0, 0.1) is 0 Å². The van der Waals surface area contributed by atoms with Crippen molar-refractivity contribution in [1.29, 1.82) is 0 Å². The minimum Gasteiger partial charge on any atom is -0.368 e. The number of nitrogens with one attached hydrogen (secondary N) is 1. The van der Waals surface area contributed by atoms with Crippen LogP contribution in [0.1, 0.15) is 53.4 Å². The second kappa shape index (κ2) is 6.53. The van der Waals surface area contributed by atoms with Crippen LogP contribution in [-0.4, -0.2) is 41.5 Å². The van der Waals surface area contributed by atoms with Gasteiger partial charge in [-0.25, -0.2) is 0 Å². The lowest BCUT2D eigenvalue weighted by Gasteiger charge is -2.38. The average Bonchev–Trinajstić information content (AvgIpc) is 2.28. The molecule has 2 atom stereocenters. The number of primary amides is 1. The van der Waals surface area contributed by atoms with Crippen molar-refractivity contribution < 1.29 is 4.79 Å². The topological polar surface area (TPSA) is 58.4 Å². The highest BCUT2D eigenvalue weighted by Crippen LogP contribution is 2.20. The predicted molar refractivity (Wildman–Crippen MR) is 75.4 cm³/mol. The summed E-state index contributed by atoms with van der Waals surface area (Å²) < 4.78 is 0. The zero-order chi connectivity index (χ0) is 13.8. The minimum atomic E-state index is -0.606. The summed E-state index contributed by atoms with van der Waals surface area (Å²) in [6.45, 7) is 10.5. The molecule has 4 heteroatoms. The Morgan fingerprint density at radius 1 is 1.28 bits per heavy atom. The predicted octanol–water partition coefficient (Wildman–Crippen LogP) is 1.49. The van der Waals surface area contributed by atoms with Crippen LogP contribution < -0.4 is 11.1 Å². The van der Waals surface area contributed by atoms with Gasteiger partial charge in [-0.05, 0) is 60.0 Å². The molecule has 1 amide bonds. The molecule has 0 aromatic rings. The summed E-state index contributed by atoms with van der Waals surface area (Å²) in [4.78, 5) is 14.2. The number of hydrogen-bond donors (Lipinski definition) is 2. The molecule has 106 valence electrons. The van der Waals surface area contributed by atoms with Crippen molar-refractivity contribution in [3.63, 3.8) is 0 Å². The Morgan fingerprint density at radius 3 is 2.28 bits per heavy atom. The smallest absolute Gasteiger partial charge is 0.237 e. The van der Waals surface area contributed by atoms with Gasteiger partial charge in [-0.1, -0.05) is 6.42 Å². The van der Waals surface area contributed by atoms with Crippen LogP contribution in [0.2, 0.25) is 0 Å². The van der Waals surface area contributed by atoms with Crippen LogP contribution in [0.3, 0.4) is 0 Å². The van der Waals surface area contributed by atoms with Crippen molar-refractivity contribution in [2.24, 2.45) is 5.73 Å². The third-order valence-electron chi connectivity index (χ3n) is 3.87. The Kier molecular flexibility index (Phi) is 5.60. The second-order valence-electron chi connectivity index (χ2n) is 6.15. The van der Waals surface area contributed by atoms with Crippen LogP contribution in [0.25, 0.3) is 0 Å². The molecule has 1 aliphatic heterocycles. The van der Waals surface area contributed by atoms with Crippen molar-refractivity contribution >= 4 is 5.91 Å². The minimum absolute atomic E-state index is 0.250. The first-order valence-electron chi connectivity index (χ1n) is 7.17. The summed E-state index contributed by atoms with van der Waals surface area (Å²) in [7, 11) is 0. The standard InChI is InChI=1S/C14H29N3O/c1-11(2)16-14(4,13(15)18)10-12(3)17-8-6-5-7-9-17/h11-12,16H,5-10H2,1-4H3,(H2,15,18). The first-order valence-corrected chi connectivity index (χ1v) is 7.17. The van der Waals surface area contributed by atoms with E-state index in [9.17, 15) is 4.79 Å². The van der Waals surface area contributed by atoms with Gasteiger partial charge in [0.25, 0.3) is 0 Å². The third-order valence-corrected chi connectivity index (χ3v) is 3.87.